The molecule has 5 nitrogen and oxygen atoms in total. The van der Waals surface area contributed by atoms with E-state index in [0.717, 1.165) is 23.3 Å². The third kappa shape index (κ3) is 3.72. The minimum absolute atomic E-state index is 0.163. The van der Waals surface area contributed by atoms with Crippen molar-refractivity contribution in [2.24, 2.45) is 0 Å². The minimum atomic E-state index is -0.469. The molecule has 1 fully saturated rings. The highest BCUT2D eigenvalue weighted by atomic mass is 16.5. The Balaban J connectivity index is 1.62. The van der Waals surface area contributed by atoms with Crippen LogP contribution in [0.4, 0.5) is 5.69 Å². The van der Waals surface area contributed by atoms with Gasteiger partial charge in [-0.2, -0.15) is 0 Å². The first-order valence-corrected chi connectivity index (χ1v) is 8.39. The number of carbonyl (C=O) groups excluding carboxylic acids is 2. The molecule has 0 aliphatic carbocycles. The van der Waals surface area contributed by atoms with Crippen molar-refractivity contribution in [3.63, 3.8) is 0 Å². The molecule has 1 aliphatic rings. The van der Waals surface area contributed by atoms with Crippen molar-refractivity contribution in [3.8, 4) is 5.75 Å². The predicted molar refractivity (Wildman–Crippen MR) is 96.8 cm³/mol. The molecule has 25 heavy (non-hydrogen) atoms. The number of amides is 2. The van der Waals surface area contributed by atoms with Gasteiger partial charge in [0.25, 0.3) is 5.91 Å². The van der Waals surface area contributed by atoms with Crippen molar-refractivity contribution >= 4 is 17.5 Å². The van der Waals surface area contributed by atoms with E-state index in [-0.39, 0.29) is 18.2 Å². The lowest BCUT2D eigenvalue weighted by molar-refractivity contribution is -0.121. The molecule has 0 unspecified atom stereocenters. The van der Waals surface area contributed by atoms with E-state index >= 15 is 0 Å². The molecule has 0 bridgehead atoms. The van der Waals surface area contributed by atoms with E-state index in [1.807, 2.05) is 55.5 Å². The Morgan fingerprint density at radius 1 is 1.12 bits per heavy atom. The summed E-state index contributed by atoms with van der Waals surface area (Å²) in [6.45, 7) is 2.57. The third-order valence-corrected chi connectivity index (χ3v) is 4.42. The maximum Gasteiger partial charge on any atom is 0.251 e. The molecule has 1 N–H and O–H groups in total. The molecule has 2 aromatic rings. The van der Waals surface area contributed by atoms with E-state index in [2.05, 4.69) is 5.32 Å². The van der Waals surface area contributed by atoms with Crippen molar-refractivity contribution in [1.82, 2.24) is 5.32 Å². The van der Waals surface area contributed by atoms with Crippen LogP contribution in [-0.4, -0.2) is 31.5 Å². The SMILES string of the molecule is COc1ccccc1CCN[C@H]1CC(=O)N(c2ccc(C)cc2)C1=O. The molecular formula is C20H22N2O3. The number of methoxy groups -OCH3 is 1. The number of anilines is 1. The summed E-state index contributed by atoms with van der Waals surface area (Å²) in [6, 6.07) is 14.7. The van der Waals surface area contributed by atoms with Gasteiger partial charge in [-0.25, -0.2) is 4.90 Å². The van der Waals surface area contributed by atoms with E-state index in [1.54, 1.807) is 7.11 Å². The van der Waals surface area contributed by atoms with Crippen molar-refractivity contribution in [2.45, 2.75) is 25.8 Å². The second-order valence-corrected chi connectivity index (χ2v) is 6.18. The van der Waals surface area contributed by atoms with Gasteiger partial charge in [0.15, 0.2) is 0 Å². The highest BCUT2D eigenvalue weighted by molar-refractivity contribution is 6.22. The number of imide groups is 1. The van der Waals surface area contributed by atoms with Gasteiger partial charge in [-0.1, -0.05) is 35.9 Å². The standard InChI is InChI=1S/C20H22N2O3/c1-14-7-9-16(10-8-14)22-19(23)13-17(20(22)24)21-12-11-15-5-3-4-6-18(15)25-2/h3-10,17,21H,11-13H2,1-2H3/t17-/m0/s1. The minimum Gasteiger partial charge on any atom is -0.496 e. The average molecular weight is 338 g/mol. The number of aryl methyl sites for hydroxylation is 1. The molecule has 0 saturated carbocycles. The molecule has 0 spiro atoms. The monoisotopic (exact) mass is 338 g/mol. The van der Waals surface area contributed by atoms with Crippen LogP contribution in [0.1, 0.15) is 17.5 Å². The second kappa shape index (κ2) is 7.49. The largest absolute Gasteiger partial charge is 0.496 e. The summed E-state index contributed by atoms with van der Waals surface area (Å²) < 4.78 is 5.33. The fraction of sp³-hybridized carbons (Fsp3) is 0.300. The van der Waals surface area contributed by atoms with Crippen molar-refractivity contribution in [1.29, 1.82) is 0 Å². The van der Waals surface area contributed by atoms with Crippen molar-refractivity contribution < 1.29 is 14.3 Å². The van der Waals surface area contributed by atoms with E-state index in [0.29, 0.717) is 12.2 Å². The van der Waals surface area contributed by atoms with Crippen molar-refractivity contribution in [2.75, 3.05) is 18.6 Å². The summed E-state index contributed by atoms with van der Waals surface area (Å²) in [7, 11) is 1.64. The van der Waals surface area contributed by atoms with E-state index in [1.165, 1.54) is 4.90 Å². The topological polar surface area (TPSA) is 58.6 Å². The number of ether oxygens (including phenoxy) is 1. The lowest BCUT2D eigenvalue weighted by atomic mass is 10.1. The van der Waals surface area contributed by atoms with Crippen molar-refractivity contribution in [3.05, 3.63) is 59.7 Å². The summed E-state index contributed by atoms with van der Waals surface area (Å²) in [5.41, 5.74) is 2.80. The van der Waals surface area contributed by atoms with E-state index in [4.69, 9.17) is 4.74 Å². The molecule has 130 valence electrons. The Morgan fingerprint density at radius 3 is 2.56 bits per heavy atom. The molecule has 0 aromatic heterocycles. The summed E-state index contributed by atoms with van der Waals surface area (Å²) in [4.78, 5) is 26.1. The van der Waals surface area contributed by atoms with Crippen LogP contribution in [0.2, 0.25) is 0 Å². The first-order valence-electron chi connectivity index (χ1n) is 8.39. The average Bonchev–Trinajstić information content (AvgIpc) is 2.90. The van der Waals surface area contributed by atoms with E-state index in [9.17, 15) is 9.59 Å². The maximum atomic E-state index is 12.6. The molecule has 1 atom stereocenters. The number of hydrogen-bond acceptors (Lipinski definition) is 4. The highest BCUT2D eigenvalue weighted by Crippen LogP contribution is 2.23. The Kier molecular flexibility index (Phi) is 5.14. The van der Waals surface area contributed by atoms with Crippen LogP contribution in [0.3, 0.4) is 0 Å². The van der Waals surface area contributed by atoms with Gasteiger partial charge in [0.1, 0.15) is 5.75 Å². The number of para-hydroxylation sites is 1. The van der Waals surface area contributed by atoms with Crippen LogP contribution in [-0.2, 0) is 16.0 Å². The molecule has 1 saturated heterocycles. The predicted octanol–water partition coefficient (Wildman–Crippen LogP) is 2.47. The lowest BCUT2D eigenvalue weighted by Crippen LogP contribution is -2.39. The zero-order valence-electron chi connectivity index (χ0n) is 14.5. The molecular weight excluding hydrogens is 316 g/mol. The Labute approximate surface area is 147 Å². The first-order chi connectivity index (χ1) is 12.1. The normalized spacial score (nSPS) is 17.2. The smallest absolute Gasteiger partial charge is 0.251 e. The Morgan fingerprint density at radius 2 is 1.84 bits per heavy atom. The Hall–Kier alpha value is -2.66. The molecule has 2 amide bonds. The first kappa shape index (κ1) is 17.2. The molecule has 0 radical (unpaired) electrons. The van der Waals surface area contributed by atoms with Crippen LogP contribution in [0.5, 0.6) is 5.75 Å². The van der Waals surface area contributed by atoms with Crippen LogP contribution >= 0.6 is 0 Å². The van der Waals surface area contributed by atoms with Gasteiger partial charge in [-0.15, -0.1) is 0 Å². The van der Waals surface area contributed by atoms with Gasteiger partial charge in [0.2, 0.25) is 5.91 Å². The number of rotatable bonds is 6. The summed E-state index contributed by atoms with van der Waals surface area (Å²) >= 11 is 0. The van der Waals surface area contributed by atoms with Gasteiger partial charge < -0.3 is 10.1 Å². The number of carbonyl (C=O) groups is 2. The number of nitrogens with zero attached hydrogens (tertiary/aromatic N) is 1. The quantitative estimate of drug-likeness (QED) is 0.822. The molecule has 3 rings (SSSR count). The van der Waals surface area contributed by atoms with Gasteiger partial charge >= 0.3 is 0 Å². The number of benzene rings is 2. The molecule has 2 aromatic carbocycles. The van der Waals surface area contributed by atoms with Gasteiger partial charge in [-0.05, 0) is 37.1 Å². The number of nitrogens with one attached hydrogen (secondary N) is 1. The number of hydrogen-bond donors (Lipinski definition) is 1. The zero-order chi connectivity index (χ0) is 17.8. The molecule has 5 heteroatoms. The fourth-order valence-electron chi connectivity index (χ4n) is 3.05. The third-order valence-electron chi connectivity index (χ3n) is 4.42. The van der Waals surface area contributed by atoms with Gasteiger partial charge in [0, 0.05) is 6.54 Å². The van der Waals surface area contributed by atoms with Gasteiger partial charge in [-0.3, -0.25) is 9.59 Å². The van der Waals surface area contributed by atoms with Crippen LogP contribution < -0.4 is 15.0 Å². The molecule has 1 heterocycles. The summed E-state index contributed by atoms with van der Waals surface area (Å²) in [6.07, 6.45) is 0.922. The van der Waals surface area contributed by atoms with Crippen LogP contribution in [0.15, 0.2) is 48.5 Å². The van der Waals surface area contributed by atoms with E-state index < -0.39 is 6.04 Å². The summed E-state index contributed by atoms with van der Waals surface area (Å²) in [5, 5.41) is 3.21. The Bertz CT molecular complexity index is 771. The lowest BCUT2D eigenvalue weighted by Gasteiger charge is -2.16. The maximum absolute atomic E-state index is 12.6. The van der Waals surface area contributed by atoms with Crippen LogP contribution in [0.25, 0.3) is 0 Å². The zero-order valence-corrected chi connectivity index (χ0v) is 14.5. The highest BCUT2D eigenvalue weighted by Gasteiger charge is 2.39. The van der Waals surface area contributed by atoms with Crippen LogP contribution in [0, 0.1) is 6.92 Å². The summed E-state index contributed by atoms with van der Waals surface area (Å²) in [5.74, 6) is 0.483. The van der Waals surface area contributed by atoms with Gasteiger partial charge in [0.05, 0.1) is 25.3 Å². The molecule has 1 aliphatic heterocycles. The second-order valence-electron chi connectivity index (χ2n) is 6.18. The fourth-order valence-corrected chi connectivity index (χ4v) is 3.05.